The summed E-state index contributed by atoms with van der Waals surface area (Å²) < 4.78 is 5.33. The van der Waals surface area contributed by atoms with E-state index in [1.165, 1.54) is 0 Å². The average molecular weight is 199 g/mol. The van der Waals surface area contributed by atoms with Crippen molar-refractivity contribution in [3.05, 3.63) is 0 Å². The van der Waals surface area contributed by atoms with Gasteiger partial charge in [0.2, 0.25) is 0 Å². The van der Waals surface area contributed by atoms with Crippen LogP contribution in [0.4, 0.5) is 0 Å². The van der Waals surface area contributed by atoms with E-state index in [0.29, 0.717) is 0 Å². The number of aliphatic hydroxyl groups excluding tert-OH is 1. The zero-order valence-electron chi connectivity index (χ0n) is 8.96. The Hall–Kier alpha value is -0.120. The molecule has 1 saturated carbocycles. The van der Waals surface area contributed by atoms with Gasteiger partial charge in [-0.25, -0.2) is 0 Å². The maximum Gasteiger partial charge on any atom is 0.0547 e. The van der Waals surface area contributed by atoms with Crippen molar-refractivity contribution in [2.75, 3.05) is 19.8 Å². The molecule has 0 amide bonds. The van der Waals surface area contributed by atoms with Gasteiger partial charge in [-0.3, -0.25) is 0 Å². The smallest absolute Gasteiger partial charge is 0.0547 e. The van der Waals surface area contributed by atoms with Gasteiger partial charge in [0.1, 0.15) is 0 Å². The van der Waals surface area contributed by atoms with Gasteiger partial charge in [0.05, 0.1) is 19.3 Å². The summed E-state index contributed by atoms with van der Waals surface area (Å²) in [6, 6.07) is 0. The van der Waals surface area contributed by atoms with Gasteiger partial charge in [-0.1, -0.05) is 6.92 Å². The Labute approximate surface area is 85.6 Å². The second-order valence-electron chi connectivity index (χ2n) is 5.27. The molecule has 82 valence electrons. The summed E-state index contributed by atoms with van der Waals surface area (Å²) >= 11 is 0. The molecule has 0 unspecified atom stereocenters. The minimum Gasteiger partial charge on any atom is -0.393 e. The molecule has 1 aliphatic carbocycles. The highest BCUT2D eigenvalue weighted by Crippen LogP contribution is 2.52. The second kappa shape index (κ2) is 3.47. The lowest BCUT2D eigenvalue weighted by Crippen LogP contribution is -2.58. The lowest BCUT2D eigenvalue weighted by molar-refractivity contribution is -0.187. The fourth-order valence-electron chi connectivity index (χ4n) is 2.92. The van der Waals surface area contributed by atoms with Crippen LogP contribution in [-0.4, -0.2) is 31.0 Å². The first kappa shape index (κ1) is 10.4. The molecule has 0 bridgehead atoms. The van der Waals surface area contributed by atoms with Crippen molar-refractivity contribution in [2.24, 2.45) is 16.6 Å². The maximum absolute atomic E-state index is 9.52. The minimum absolute atomic E-state index is 0.0979. The number of rotatable bonds is 2. The fourth-order valence-corrected chi connectivity index (χ4v) is 2.92. The molecule has 3 N–H and O–H groups in total. The van der Waals surface area contributed by atoms with Crippen LogP contribution < -0.4 is 5.73 Å². The van der Waals surface area contributed by atoms with E-state index in [-0.39, 0.29) is 16.9 Å². The van der Waals surface area contributed by atoms with Gasteiger partial charge < -0.3 is 15.6 Å². The average Bonchev–Trinajstić information content (AvgIpc) is 2.16. The van der Waals surface area contributed by atoms with E-state index >= 15 is 0 Å². The van der Waals surface area contributed by atoms with Crippen molar-refractivity contribution in [3.8, 4) is 0 Å². The Morgan fingerprint density at radius 3 is 2.29 bits per heavy atom. The highest BCUT2D eigenvalue weighted by Gasteiger charge is 2.52. The minimum atomic E-state index is -0.0979. The van der Waals surface area contributed by atoms with Gasteiger partial charge in [0.25, 0.3) is 0 Å². The van der Waals surface area contributed by atoms with Crippen LogP contribution in [0, 0.1) is 10.8 Å². The van der Waals surface area contributed by atoms with Crippen molar-refractivity contribution in [3.63, 3.8) is 0 Å². The third kappa shape index (κ3) is 1.38. The van der Waals surface area contributed by atoms with Crippen molar-refractivity contribution in [1.29, 1.82) is 0 Å². The van der Waals surface area contributed by atoms with E-state index in [0.717, 1.165) is 45.4 Å². The first-order valence-electron chi connectivity index (χ1n) is 5.58. The first-order chi connectivity index (χ1) is 6.62. The molecule has 2 aliphatic rings. The van der Waals surface area contributed by atoms with Crippen LogP contribution in [-0.2, 0) is 4.74 Å². The predicted molar refractivity (Wildman–Crippen MR) is 54.9 cm³/mol. The van der Waals surface area contributed by atoms with E-state index in [9.17, 15) is 5.11 Å². The summed E-state index contributed by atoms with van der Waals surface area (Å²) in [6.45, 7) is 4.71. The molecule has 0 aromatic carbocycles. The molecule has 3 heteroatoms. The molecule has 0 aromatic rings. The second-order valence-corrected chi connectivity index (χ2v) is 5.27. The molecule has 0 spiro atoms. The Bertz CT molecular complexity index is 205. The number of hydrogen-bond donors (Lipinski definition) is 2. The van der Waals surface area contributed by atoms with Crippen LogP contribution in [0.5, 0.6) is 0 Å². The quantitative estimate of drug-likeness (QED) is 0.695. The summed E-state index contributed by atoms with van der Waals surface area (Å²) in [5, 5.41) is 9.52. The monoisotopic (exact) mass is 199 g/mol. The topological polar surface area (TPSA) is 55.5 Å². The molecule has 0 radical (unpaired) electrons. The van der Waals surface area contributed by atoms with E-state index in [2.05, 4.69) is 6.92 Å². The molecule has 0 atom stereocenters. The molecule has 1 aliphatic heterocycles. The molecule has 3 nitrogen and oxygen atoms in total. The third-order valence-electron chi connectivity index (χ3n) is 4.42. The number of hydrogen-bond acceptors (Lipinski definition) is 3. The summed E-state index contributed by atoms with van der Waals surface area (Å²) in [4.78, 5) is 0. The molecule has 0 aromatic heterocycles. The normalized spacial score (nSPS) is 41.8. The standard InChI is InChI=1S/C11H21NO2/c1-10(7-14-8-10)11(6-12)4-2-9(13)3-5-11/h9,13H,2-8,12H2,1H3. The van der Waals surface area contributed by atoms with E-state index in [1.807, 2.05) is 0 Å². The molecule has 1 heterocycles. The van der Waals surface area contributed by atoms with Gasteiger partial charge in [-0.05, 0) is 37.6 Å². The molecule has 2 rings (SSSR count). The van der Waals surface area contributed by atoms with Crippen molar-refractivity contribution in [2.45, 2.75) is 38.7 Å². The van der Waals surface area contributed by atoms with Crippen molar-refractivity contribution in [1.82, 2.24) is 0 Å². The van der Waals surface area contributed by atoms with Gasteiger partial charge >= 0.3 is 0 Å². The van der Waals surface area contributed by atoms with Crippen LogP contribution in [0.3, 0.4) is 0 Å². The van der Waals surface area contributed by atoms with Crippen LogP contribution in [0.15, 0.2) is 0 Å². The SMILES string of the molecule is CC1(C2(CN)CCC(O)CC2)COC1. The molecule has 1 saturated heterocycles. The van der Waals surface area contributed by atoms with Gasteiger partial charge in [0, 0.05) is 5.41 Å². The van der Waals surface area contributed by atoms with E-state index in [4.69, 9.17) is 10.5 Å². The highest BCUT2D eigenvalue weighted by atomic mass is 16.5. The van der Waals surface area contributed by atoms with Crippen molar-refractivity contribution >= 4 is 0 Å². The fraction of sp³-hybridized carbons (Fsp3) is 1.00. The largest absolute Gasteiger partial charge is 0.393 e. The Morgan fingerprint density at radius 1 is 1.36 bits per heavy atom. The third-order valence-corrected chi connectivity index (χ3v) is 4.42. The van der Waals surface area contributed by atoms with Crippen LogP contribution >= 0.6 is 0 Å². The molecule has 14 heavy (non-hydrogen) atoms. The lowest BCUT2D eigenvalue weighted by atomic mass is 9.56. The lowest BCUT2D eigenvalue weighted by Gasteiger charge is -2.55. The van der Waals surface area contributed by atoms with E-state index < -0.39 is 0 Å². The first-order valence-corrected chi connectivity index (χ1v) is 5.58. The maximum atomic E-state index is 9.52. The van der Waals surface area contributed by atoms with Crippen molar-refractivity contribution < 1.29 is 9.84 Å². The zero-order valence-corrected chi connectivity index (χ0v) is 8.96. The van der Waals surface area contributed by atoms with Gasteiger partial charge in [-0.2, -0.15) is 0 Å². The highest BCUT2D eigenvalue weighted by molar-refractivity contribution is 5.02. The molecular weight excluding hydrogens is 178 g/mol. The molecular formula is C11H21NO2. The molecule has 2 fully saturated rings. The number of nitrogens with two attached hydrogens (primary N) is 1. The number of aliphatic hydroxyl groups is 1. The van der Waals surface area contributed by atoms with E-state index in [1.54, 1.807) is 0 Å². The summed E-state index contributed by atoms with van der Waals surface area (Å²) in [7, 11) is 0. The van der Waals surface area contributed by atoms with Gasteiger partial charge in [-0.15, -0.1) is 0 Å². The van der Waals surface area contributed by atoms with Gasteiger partial charge in [0.15, 0.2) is 0 Å². The Morgan fingerprint density at radius 2 is 1.93 bits per heavy atom. The Balaban J connectivity index is 2.09. The predicted octanol–water partition coefficient (Wildman–Crippen LogP) is 0.903. The summed E-state index contributed by atoms with van der Waals surface area (Å²) in [6.07, 6.45) is 3.84. The summed E-state index contributed by atoms with van der Waals surface area (Å²) in [5.74, 6) is 0. The zero-order chi connectivity index (χ0) is 10.2. The van der Waals surface area contributed by atoms with Crippen LogP contribution in [0.2, 0.25) is 0 Å². The van der Waals surface area contributed by atoms with Crippen LogP contribution in [0.1, 0.15) is 32.6 Å². The number of ether oxygens (including phenoxy) is 1. The Kier molecular flexibility index (Phi) is 2.58. The van der Waals surface area contributed by atoms with Crippen LogP contribution in [0.25, 0.3) is 0 Å². The summed E-state index contributed by atoms with van der Waals surface area (Å²) in [5.41, 5.74) is 6.43.